The number of nitrogens with one attached hydrogen (secondary N) is 1. The molecular formula is C16H25ClN2O2. The monoisotopic (exact) mass is 312 g/mol. The van der Waals surface area contributed by atoms with Crippen LogP contribution in [0.15, 0.2) is 18.2 Å². The Morgan fingerprint density at radius 2 is 2.05 bits per heavy atom. The SMILES string of the molecule is CCCC(C)NC(=O)C(C)Oc1ccc([C@@H](C)N)cc1Cl. The van der Waals surface area contributed by atoms with Crippen LogP contribution in [-0.2, 0) is 4.79 Å². The summed E-state index contributed by atoms with van der Waals surface area (Å²) in [6, 6.07) is 5.43. The zero-order chi connectivity index (χ0) is 16.0. The minimum Gasteiger partial charge on any atom is -0.479 e. The lowest BCUT2D eigenvalue weighted by Gasteiger charge is -2.19. The molecule has 1 aromatic rings. The highest BCUT2D eigenvalue weighted by Gasteiger charge is 2.18. The zero-order valence-electron chi connectivity index (χ0n) is 13.2. The Hall–Kier alpha value is -1.26. The van der Waals surface area contributed by atoms with Gasteiger partial charge in [-0.15, -0.1) is 0 Å². The van der Waals surface area contributed by atoms with Crippen molar-refractivity contribution in [1.82, 2.24) is 5.32 Å². The molecule has 0 saturated carbocycles. The number of carbonyl (C=O) groups is 1. The molecule has 2 unspecified atom stereocenters. The first kappa shape index (κ1) is 17.8. The Labute approximate surface area is 132 Å². The summed E-state index contributed by atoms with van der Waals surface area (Å²) in [6.07, 6.45) is 1.38. The molecule has 0 saturated heterocycles. The summed E-state index contributed by atoms with van der Waals surface area (Å²) in [7, 11) is 0. The van der Waals surface area contributed by atoms with Gasteiger partial charge in [0.15, 0.2) is 6.10 Å². The van der Waals surface area contributed by atoms with Gasteiger partial charge < -0.3 is 15.8 Å². The molecule has 0 fully saturated rings. The summed E-state index contributed by atoms with van der Waals surface area (Å²) < 4.78 is 5.64. The summed E-state index contributed by atoms with van der Waals surface area (Å²) in [5.41, 5.74) is 6.73. The van der Waals surface area contributed by atoms with Crippen LogP contribution < -0.4 is 15.8 Å². The van der Waals surface area contributed by atoms with Gasteiger partial charge in [-0.1, -0.05) is 31.0 Å². The standard InChI is InChI=1S/C16H25ClN2O2/c1-5-6-10(2)19-16(20)12(4)21-15-8-7-13(11(3)18)9-14(15)17/h7-12H,5-6,18H2,1-4H3,(H,19,20)/t10?,11-,12?/m1/s1. The molecule has 0 aliphatic heterocycles. The van der Waals surface area contributed by atoms with Crippen molar-refractivity contribution < 1.29 is 9.53 Å². The predicted molar refractivity (Wildman–Crippen MR) is 86.7 cm³/mol. The van der Waals surface area contributed by atoms with Crippen molar-refractivity contribution in [1.29, 1.82) is 0 Å². The van der Waals surface area contributed by atoms with Crippen molar-refractivity contribution in [2.75, 3.05) is 0 Å². The number of amides is 1. The summed E-state index contributed by atoms with van der Waals surface area (Å²) in [5, 5.41) is 3.39. The number of ether oxygens (including phenoxy) is 1. The van der Waals surface area contributed by atoms with Crippen LogP contribution >= 0.6 is 11.6 Å². The van der Waals surface area contributed by atoms with Crippen LogP contribution in [0.1, 0.15) is 52.1 Å². The smallest absolute Gasteiger partial charge is 0.260 e. The minimum absolute atomic E-state index is 0.0906. The van der Waals surface area contributed by atoms with Gasteiger partial charge in [-0.05, 0) is 44.9 Å². The van der Waals surface area contributed by atoms with Crippen molar-refractivity contribution in [3.8, 4) is 5.75 Å². The second-order valence-electron chi connectivity index (χ2n) is 5.44. The van der Waals surface area contributed by atoms with E-state index in [9.17, 15) is 4.79 Å². The number of hydrogen-bond donors (Lipinski definition) is 2. The van der Waals surface area contributed by atoms with Gasteiger partial charge in [0, 0.05) is 12.1 Å². The lowest BCUT2D eigenvalue weighted by Crippen LogP contribution is -2.41. The van der Waals surface area contributed by atoms with Crippen LogP contribution in [0.2, 0.25) is 5.02 Å². The van der Waals surface area contributed by atoms with Crippen LogP contribution in [-0.4, -0.2) is 18.1 Å². The highest BCUT2D eigenvalue weighted by Crippen LogP contribution is 2.28. The molecule has 1 aromatic carbocycles. The summed E-state index contributed by atoms with van der Waals surface area (Å²) >= 11 is 6.17. The molecule has 5 heteroatoms. The van der Waals surface area contributed by atoms with Crippen LogP contribution in [0.25, 0.3) is 0 Å². The minimum atomic E-state index is -0.594. The maximum absolute atomic E-state index is 12.0. The van der Waals surface area contributed by atoms with E-state index >= 15 is 0 Å². The van der Waals surface area contributed by atoms with Gasteiger partial charge in [-0.25, -0.2) is 0 Å². The summed E-state index contributed by atoms with van der Waals surface area (Å²) in [4.78, 5) is 12.0. The Morgan fingerprint density at radius 1 is 1.38 bits per heavy atom. The van der Waals surface area contributed by atoms with Gasteiger partial charge in [0.25, 0.3) is 5.91 Å². The Bertz CT molecular complexity index is 477. The van der Waals surface area contributed by atoms with Gasteiger partial charge in [0.1, 0.15) is 5.75 Å². The van der Waals surface area contributed by atoms with E-state index in [0.717, 1.165) is 18.4 Å². The first-order valence-corrected chi connectivity index (χ1v) is 7.75. The average Bonchev–Trinajstić information content (AvgIpc) is 2.40. The van der Waals surface area contributed by atoms with Gasteiger partial charge >= 0.3 is 0 Å². The van der Waals surface area contributed by atoms with Gasteiger partial charge in [-0.2, -0.15) is 0 Å². The molecule has 0 spiro atoms. The fourth-order valence-corrected chi connectivity index (χ4v) is 2.24. The van der Waals surface area contributed by atoms with Crippen LogP contribution in [0, 0.1) is 0 Å². The third-order valence-corrected chi connectivity index (χ3v) is 3.56. The second kappa shape index (κ2) is 8.25. The van der Waals surface area contributed by atoms with E-state index in [1.807, 2.05) is 19.9 Å². The number of benzene rings is 1. The lowest BCUT2D eigenvalue weighted by atomic mass is 10.1. The number of hydrogen-bond acceptors (Lipinski definition) is 3. The summed E-state index contributed by atoms with van der Waals surface area (Å²) in [5.74, 6) is 0.357. The Balaban J connectivity index is 2.66. The maximum Gasteiger partial charge on any atom is 0.260 e. The van der Waals surface area contributed by atoms with Crippen molar-refractivity contribution in [3.05, 3.63) is 28.8 Å². The molecule has 21 heavy (non-hydrogen) atoms. The van der Waals surface area contributed by atoms with Gasteiger partial charge in [0.2, 0.25) is 0 Å². The van der Waals surface area contributed by atoms with Crippen molar-refractivity contribution in [2.45, 2.75) is 58.7 Å². The van der Waals surface area contributed by atoms with Gasteiger partial charge in [0.05, 0.1) is 5.02 Å². The molecule has 0 heterocycles. The highest BCUT2D eigenvalue weighted by atomic mass is 35.5. The van der Waals surface area contributed by atoms with Crippen molar-refractivity contribution >= 4 is 17.5 Å². The molecular weight excluding hydrogens is 288 g/mol. The molecule has 1 amide bonds. The van der Waals surface area contributed by atoms with E-state index in [-0.39, 0.29) is 18.0 Å². The van der Waals surface area contributed by atoms with E-state index in [1.165, 1.54) is 0 Å². The largest absolute Gasteiger partial charge is 0.479 e. The quantitative estimate of drug-likeness (QED) is 0.810. The third-order valence-electron chi connectivity index (χ3n) is 3.27. The number of carbonyl (C=O) groups excluding carboxylic acids is 1. The van der Waals surface area contributed by atoms with Crippen LogP contribution in [0.4, 0.5) is 0 Å². The Kier molecular flexibility index (Phi) is 6.99. The molecule has 3 atom stereocenters. The molecule has 0 bridgehead atoms. The van der Waals surface area contributed by atoms with Crippen LogP contribution in [0.5, 0.6) is 5.75 Å². The normalized spacial score (nSPS) is 15.1. The lowest BCUT2D eigenvalue weighted by molar-refractivity contribution is -0.127. The molecule has 1 rings (SSSR count). The molecule has 118 valence electrons. The molecule has 0 aliphatic rings. The van der Waals surface area contributed by atoms with E-state index < -0.39 is 6.10 Å². The van der Waals surface area contributed by atoms with E-state index in [4.69, 9.17) is 22.1 Å². The highest BCUT2D eigenvalue weighted by molar-refractivity contribution is 6.32. The van der Waals surface area contributed by atoms with Gasteiger partial charge in [-0.3, -0.25) is 4.79 Å². The molecule has 0 aliphatic carbocycles. The van der Waals surface area contributed by atoms with E-state index in [2.05, 4.69) is 12.2 Å². The number of rotatable bonds is 7. The number of nitrogens with two attached hydrogens (primary N) is 1. The van der Waals surface area contributed by atoms with E-state index in [1.54, 1.807) is 19.1 Å². The molecule has 0 aromatic heterocycles. The fourth-order valence-electron chi connectivity index (χ4n) is 2.01. The zero-order valence-corrected chi connectivity index (χ0v) is 13.9. The topological polar surface area (TPSA) is 64.3 Å². The third kappa shape index (κ3) is 5.56. The Morgan fingerprint density at radius 3 is 2.57 bits per heavy atom. The van der Waals surface area contributed by atoms with Crippen molar-refractivity contribution in [3.63, 3.8) is 0 Å². The predicted octanol–water partition coefficient (Wildman–Crippen LogP) is 3.43. The fraction of sp³-hybridized carbons (Fsp3) is 0.562. The molecule has 0 radical (unpaired) electrons. The first-order valence-electron chi connectivity index (χ1n) is 7.37. The van der Waals surface area contributed by atoms with E-state index in [0.29, 0.717) is 10.8 Å². The van der Waals surface area contributed by atoms with Crippen LogP contribution in [0.3, 0.4) is 0 Å². The second-order valence-corrected chi connectivity index (χ2v) is 5.84. The first-order chi connectivity index (χ1) is 9.85. The molecule has 3 N–H and O–H groups in total. The number of halogens is 1. The molecule has 4 nitrogen and oxygen atoms in total. The summed E-state index contributed by atoms with van der Waals surface area (Å²) in [6.45, 7) is 7.67. The average molecular weight is 313 g/mol. The van der Waals surface area contributed by atoms with Crippen molar-refractivity contribution in [2.24, 2.45) is 5.73 Å². The maximum atomic E-state index is 12.0.